The predicted molar refractivity (Wildman–Crippen MR) is 99.3 cm³/mol. The first kappa shape index (κ1) is 17.7. The maximum absolute atomic E-state index is 12.5. The molecular formula is C20H21N3O3. The number of carbonyl (C=O) groups is 1. The second kappa shape index (κ2) is 8.29. The third-order valence-corrected chi connectivity index (χ3v) is 4.00. The molecule has 0 radical (unpaired) electrons. The Morgan fingerprint density at radius 2 is 1.88 bits per heavy atom. The summed E-state index contributed by atoms with van der Waals surface area (Å²) in [6.07, 6.45) is 2.11. The summed E-state index contributed by atoms with van der Waals surface area (Å²) < 4.78 is 10.5. The fraction of sp³-hybridized carbons (Fsp3) is 0.250. The van der Waals surface area contributed by atoms with Gasteiger partial charge in [0, 0.05) is 11.1 Å². The average Bonchev–Trinajstić information content (AvgIpc) is 3.11. The van der Waals surface area contributed by atoms with E-state index in [1.165, 1.54) is 0 Å². The first-order valence-electron chi connectivity index (χ1n) is 8.62. The molecule has 0 saturated heterocycles. The van der Waals surface area contributed by atoms with Crippen LogP contribution in [-0.2, 0) is 0 Å². The lowest BCUT2D eigenvalue weighted by Crippen LogP contribution is -2.14. The van der Waals surface area contributed by atoms with Crippen LogP contribution in [0.2, 0.25) is 0 Å². The van der Waals surface area contributed by atoms with Crippen LogP contribution in [0.4, 0.5) is 5.82 Å². The molecule has 6 heteroatoms. The molecule has 26 heavy (non-hydrogen) atoms. The largest absolute Gasteiger partial charge is 0.494 e. The van der Waals surface area contributed by atoms with Crippen LogP contribution in [0.15, 0.2) is 53.2 Å². The summed E-state index contributed by atoms with van der Waals surface area (Å²) in [5.41, 5.74) is 2.74. The average molecular weight is 351 g/mol. The van der Waals surface area contributed by atoms with Gasteiger partial charge in [-0.25, -0.2) is 4.63 Å². The molecule has 2 aromatic carbocycles. The number of aryl methyl sites for hydroxylation is 1. The summed E-state index contributed by atoms with van der Waals surface area (Å²) in [7, 11) is 0. The molecule has 6 nitrogen and oxygen atoms in total. The van der Waals surface area contributed by atoms with Crippen molar-refractivity contribution in [2.75, 3.05) is 11.9 Å². The molecule has 3 aromatic rings. The third-order valence-electron chi connectivity index (χ3n) is 4.00. The van der Waals surface area contributed by atoms with E-state index in [-0.39, 0.29) is 11.7 Å². The van der Waals surface area contributed by atoms with Crippen LogP contribution in [0.1, 0.15) is 35.7 Å². The lowest BCUT2D eigenvalue weighted by Gasteiger charge is -2.07. The number of hydrogen-bond donors (Lipinski definition) is 1. The van der Waals surface area contributed by atoms with Crippen molar-refractivity contribution in [3.63, 3.8) is 0 Å². The van der Waals surface area contributed by atoms with Crippen molar-refractivity contribution in [3.8, 4) is 17.0 Å². The third kappa shape index (κ3) is 4.08. The van der Waals surface area contributed by atoms with Gasteiger partial charge in [0.2, 0.25) is 5.82 Å². The summed E-state index contributed by atoms with van der Waals surface area (Å²) in [5, 5.41) is 10.5. The summed E-state index contributed by atoms with van der Waals surface area (Å²) in [6.45, 7) is 4.70. The van der Waals surface area contributed by atoms with E-state index in [4.69, 9.17) is 9.37 Å². The maximum Gasteiger partial charge on any atom is 0.257 e. The Bertz CT molecular complexity index is 872. The van der Waals surface area contributed by atoms with Crippen molar-refractivity contribution >= 4 is 11.7 Å². The van der Waals surface area contributed by atoms with Gasteiger partial charge in [-0.15, -0.1) is 0 Å². The number of nitrogens with one attached hydrogen (secondary N) is 1. The van der Waals surface area contributed by atoms with Crippen LogP contribution in [0, 0.1) is 6.92 Å². The van der Waals surface area contributed by atoms with Crippen molar-refractivity contribution in [3.05, 3.63) is 59.7 Å². The first-order chi connectivity index (χ1) is 12.7. The Balaban J connectivity index is 1.74. The molecule has 0 fully saturated rings. The van der Waals surface area contributed by atoms with Crippen LogP contribution < -0.4 is 10.1 Å². The van der Waals surface area contributed by atoms with Crippen molar-refractivity contribution in [1.82, 2.24) is 10.3 Å². The minimum Gasteiger partial charge on any atom is -0.494 e. The highest BCUT2D eigenvalue weighted by Gasteiger charge is 2.17. The summed E-state index contributed by atoms with van der Waals surface area (Å²) in [6, 6.07) is 14.8. The van der Waals surface area contributed by atoms with Crippen LogP contribution in [0.3, 0.4) is 0 Å². The van der Waals surface area contributed by atoms with Gasteiger partial charge >= 0.3 is 0 Å². The molecule has 0 aliphatic rings. The molecule has 0 saturated carbocycles. The van der Waals surface area contributed by atoms with Crippen LogP contribution >= 0.6 is 0 Å². The van der Waals surface area contributed by atoms with Crippen molar-refractivity contribution in [1.29, 1.82) is 0 Å². The van der Waals surface area contributed by atoms with Gasteiger partial charge in [-0.2, -0.15) is 0 Å². The molecule has 134 valence electrons. The number of ether oxygens (including phenoxy) is 1. The zero-order valence-corrected chi connectivity index (χ0v) is 14.9. The standard InChI is InChI=1S/C20H21N3O3/c1-3-4-13-25-16-11-9-15(10-12-16)18-19(23-26-22-18)21-20(24)17-8-6-5-7-14(17)2/h5-12H,3-4,13H2,1-2H3,(H,21,23,24). The second-order valence-electron chi connectivity index (χ2n) is 5.96. The molecule has 1 N–H and O–H groups in total. The van der Waals surface area contributed by atoms with Gasteiger partial charge in [0.15, 0.2) is 5.69 Å². The molecule has 1 heterocycles. The number of aromatic nitrogens is 2. The number of rotatable bonds is 7. The maximum atomic E-state index is 12.5. The van der Waals surface area contributed by atoms with E-state index in [0.29, 0.717) is 17.9 Å². The summed E-state index contributed by atoms with van der Waals surface area (Å²) in [5.74, 6) is 0.835. The highest BCUT2D eigenvalue weighted by Crippen LogP contribution is 2.27. The molecule has 0 aliphatic heterocycles. The smallest absolute Gasteiger partial charge is 0.257 e. The van der Waals surface area contributed by atoms with E-state index in [1.54, 1.807) is 6.07 Å². The molecular weight excluding hydrogens is 330 g/mol. The monoisotopic (exact) mass is 351 g/mol. The topological polar surface area (TPSA) is 77.2 Å². The SMILES string of the molecule is CCCCOc1ccc(-c2nonc2NC(=O)c2ccccc2C)cc1. The number of unbranched alkanes of at least 4 members (excludes halogenated alkanes) is 1. The Morgan fingerprint density at radius 3 is 2.62 bits per heavy atom. The Kier molecular flexibility index (Phi) is 5.63. The molecule has 0 aliphatic carbocycles. The van der Waals surface area contributed by atoms with Gasteiger partial charge in [0.1, 0.15) is 5.75 Å². The minimum atomic E-state index is -0.250. The molecule has 0 atom stereocenters. The highest BCUT2D eigenvalue weighted by atomic mass is 16.6. The summed E-state index contributed by atoms with van der Waals surface area (Å²) in [4.78, 5) is 12.5. The highest BCUT2D eigenvalue weighted by molar-refractivity contribution is 6.06. The van der Waals surface area contributed by atoms with Crippen LogP contribution in [0.25, 0.3) is 11.3 Å². The molecule has 1 amide bonds. The van der Waals surface area contributed by atoms with E-state index in [1.807, 2.05) is 49.4 Å². The second-order valence-corrected chi connectivity index (χ2v) is 5.96. The van der Waals surface area contributed by atoms with Crippen molar-refractivity contribution in [2.45, 2.75) is 26.7 Å². The van der Waals surface area contributed by atoms with E-state index in [0.717, 1.165) is 29.7 Å². The fourth-order valence-electron chi connectivity index (χ4n) is 2.51. The lowest BCUT2D eigenvalue weighted by molar-refractivity contribution is 0.102. The van der Waals surface area contributed by atoms with Gasteiger partial charge in [-0.3, -0.25) is 4.79 Å². The number of anilines is 1. The van der Waals surface area contributed by atoms with E-state index < -0.39 is 0 Å². The van der Waals surface area contributed by atoms with E-state index in [9.17, 15) is 4.79 Å². The number of hydrogen-bond acceptors (Lipinski definition) is 5. The normalized spacial score (nSPS) is 10.5. The Morgan fingerprint density at radius 1 is 1.12 bits per heavy atom. The molecule has 0 spiro atoms. The fourth-order valence-corrected chi connectivity index (χ4v) is 2.51. The quantitative estimate of drug-likeness (QED) is 0.635. The van der Waals surface area contributed by atoms with Crippen molar-refractivity contribution in [2.24, 2.45) is 0 Å². The van der Waals surface area contributed by atoms with E-state index >= 15 is 0 Å². The lowest BCUT2D eigenvalue weighted by atomic mass is 10.1. The zero-order chi connectivity index (χ0) is 18.4. The zero-order valence-electron chi connectivity index (χ0n) is 14.9. The Hall–Kier alpha value is -3.15. The molecule has 1 aromatic heterocycles. The summed E-state index contributed by atoms with van der Waals surface area (Å²) >= 11 is 0. The van der Waals surface area contributed by atoms with Gasteiger partial charge in [0.05, 0.1) is 6.61 Å². The van der Waals surface area contributed by atoms with Crippen LogP contribution in [-0.4, -0.2) is 22.8 Å². The van der Waals surface area contributed by atoms with E-state index in [2.05, 4.69) is 22.6 Å². The molecule has 0 unspecified atom stereocenters. The van der Waals surface area contributed by atoms with Gasteiger partial charge in [-0.05, 0) is 59.6 Å². The van der Waals surface area contributed by atoms with Crippen LogP contribution in [0.5, 0.6) is 5.75 Å². The molecule has 0 bridgehead atoms. The number of nitrogens with zero attached hydrogens (tertiary/aromatic N) is 2. The van der Waals surface area contributed by atoms with Gasteiger partial charge in [-0.1, -0.05) is 31.5 Å². The predicted octanol–water partition coefficient (Wildman–Crippen LogP) is 4.48. The van der Waals surface area contributed by atoms with Crippen molar-refractivity contribution < 1.29 is 14.2 Å². The first-order valence-corrected chi connectivity index (χ1v) is 8.62. The number of amides is 1. The van der Waals surface area contributed by atoms with Gasteiger partial charge in [0.25, 0.3) is 5.91 Å². The molecule has 3 rings (SSSR count). The van der Waals surface area contributed by atoms with Gasteiger partial charge < -0.3 is 10.1 Å². The Labute approximate surface area is 152 Å². The minimum absolute atomic E-state index is 0.250. The number of benzene rings is 2. The number of carbonyl (C=O) groups excluding carboxylic acids is 1.